The van der Waals surface area contributed by atoms with Crippen molar-refractivity contribution in [2.75, 3.05) is 50.7 Å². The number of anilines is 1. The highest BCUT2D eigenvalue weighted by Gasteiger charge is 2.29. The second-order valence-electron chi connectivity index (χ2n) is 8.64. The van der Waals surface area contributed by atoms with Crippen LogP contribution in [0, 0.1) is 15.5 Å². The first-order chi connectivity index (χ1) is 13.5. The number of piperazine rings is 1. The molecule has 1 aliphatic heterocycles. The summed E-state index contributed by atoms with van der Waals surface area (Å²) < 4.78 is 26.8. The molecule has 0 N–H and O–H groups in total. The Balaban J connectivity index is 2.19. The summed E-state index contributed by atoms with van der Waals surface area (Å²) >= 11 is 0. The topological polar surface area (TPSA) is 87.0 Å². The molecule has 0 bridgehead atoms. The molecule has 29 heavy (non-hydrogen) atoms. The smallest absolute Gasteiger partial charge is 0.293 e. The standard InChI is InChI=1S/C20H34N4O4S/c1-6-23(7-2)29(27,28)17-8-9-18(19(16-17)24(25)26)22-14-12-21(13-15-22)11-10-20(3,4)5/h8-9,16H,6-7,10-15H2,1-5H3. The zero-order valence-corrected chi connectivity index (χ0v) is 19.0. The summed E-state index contributed by atoms with van der Waals surface area (Å²) in [6, 6.07) is 4.27. The highest BCUT2D eigenvalue weighted by atomic mass is 32.2. The van der Waals surface area contributed by atoms with Crippen LogP contribution >= 0.6 is 0 Å². The molecule has 0 unspecified atom stereocenters. The summed E-state index contributed by atoms with van der Waals surface area (Å²) in [4.78, 5) is 15.5. The van der Waals surface area contributed by atoms with Crippen molar-refractivity contribution in [3.63, 3.8) is 0 Å². The summed E-state index contributed by atoms with van der Waals surface area (Å²) in [6.45, 7) is 14.9. The van der Waals surface area contributed by atoms with Gasteiger partial charge in [-0.2, -0.15) is 4.31 Å². The van der Waals surface area contributed by atoms with E-state index in [1.54, 1.807) is 19.9 Å². The van der Waals surface area contributed by atoms with Gasteiger partial charge in [-0.25, -0.2) is 8.42 Å². The van der Waals surface area contributed by atoms with Crippen molar-refractivity contribution >= 4 is 21.4 Å². The molecule has 1 aromatic rings. The molecule has 0 spiro atoms. The van der Waals surface area contributed by atoms with Crippen LogP contribution in [0.25, 0.3) is 0 Å². The van der Waals surface area contributed by atoms with E-state index in [-0.39, 0.29) is 16.0 Å². The Morgan fingerprint density at radius 1 is 1.10 bits per heavy atom. The summed E-state index contributed by atoms with van der Waals surface area (Å²) in [5.74, 6) is 0. The highest BCUT2D eigenvalue weighted by molar-refractivity contribution is 7.89. The van der Waals surface area contributed by atoms with E-state index in [1.165, 1.54) is 16.4 Å². The van der Waals surface area contributed by atoms with Crippen molar-refractivity contribution in [1.29, 1.82) is 0 Å². The van der Waals surface area contributed by atoms with Crippen molar-refractivity contribution in [2.24, 2.45) is 5.41 Å². The van der Waals surface area contributed by atoms with Gasteiger partial charge in [0.15, 0.2) is 0 Å². The van der Waals surface area contributed by atoms with Crippen LogP contribution in [0.4, 0.5) is 11.4 Å². The van der Waals surface area contributed by atoms with Gasteiger partial charge in [0, 0.05) is 45.3 Å². The molecule has 1 saturated heterocycles. The van der Waals surface area contributed by atoms with Gasteiger partial charge in [-0.1, -0.05) is 34.6 Å². The SMILES string of the molecule is CCN(CC)S(=O)(=O)c1ccc(N2CCN(CCC(C)(C)C)CC2)c([N+](=O)[O-])c1. The molecule has 1 fully saturated rings. The molecule has 164 valence electrons. The zero-order valence-electron chi connectivity index (χ0n) is 18.2. The van der Waals surface area contributed by atoms with Gasteiger partial charge in [-0.3, -0.25) is 15.0 Å². The Bertz CT molecular complexity index is 808. The lowest BCUT2D eigenvalue weighted by Crippen LogP contribution is -2.47. The number of sulfonamides is 1. The van der Waals surface area contributed by atoms with Crippen LogP contribution < -0.4 is 4.90 Å². The molecule has 9 heteroatoms. The van der Waals surface area contributed by atoms with Crippen molar-refractivity contribution < 1.29 is 13.3 Å². The lowest BCUT2D eigenvalue weighted by Gasteiger charge is -2.37. The van der Waals surface area contributed by atoms with Gasteiger partial charge >= 0.3 is 0 Å². The molecule has 0 aliphatic carbocycles. The van der Waals surface area contributed by atoms with Gasteiger partial charge in [0.05, 0.1) is 9.82 Å². The maximum Gasteiger partial charge on any atom is 0.293 e. The Labute approximate surface area is 174 Å². The first-order valence-electron chi connectivity index (χ1n) is 10.3. The molecular weight excluding hydrogens is 392 g/mol. The molecule has 0 saturated carbocycles. The average molecular weight is 427 g/mol. The van der Waals surface area contributed by atoms with E-state index >= 15 is 0 Å². The molecule has 0 radical (unpaired) electrons. The highest BCUT2D eigenvalue weighted by Crippen LogP contribution is 2.32. The Morgan fingerprint density at radius 2 is 1.69 bits per heavy atom. The largest absolute Gasteiger partial charge is 0.363 e. The minimum atomic E-state index is -3.73. The Morgan fingerprint density at radius 3 is 2.17 bits per heavy atom. The third kappa shape index (κ3) is 5.90. The van der Waals surface area contributed by atoms with Crippen molar-refractivity contribution in [3.05, 3.63) is 28.3 Å². The first kappa shape index (κ1) is 23.6. The van der Waals surface area contributed by atoms with Crippen LogP contribution in [0.3, 0.4) is 0 Å². The predicted octanol–water partition coefficient (Wildman–Crippen LogP) is 3.18. The molecule has 1 aliphatic rings. The van der Waals surface area contributed by atoms with Gasteiger partial charge in [0.1, 0.15) is 5.69 Å². The fourth-order valence-corrected chi connectivity index (χ4v) is 4.97. The zero-order chi connectivity index (χ0) is 21.8. The molecular formula is C20H34N4O4S. The molecule has 1 aromatic carbocycles. The summed E-state index contributed by atoms with van der Waals surface area (Å²) in [5.41, 5.74) is 0.618. The number of rotatable bonds is 8. The van der Waals surface area contributed by atoms with Crippen molar-refractivity contribution in [3.8, 4) is 0 Å². The van der Waals surface area contributed by atoms with Crippen molar-refractivity contribution in [1.82, 2.24) is 9.21 Å². The second-order valence-corrected chi connectivity index (χ2v) is 10.6. The fraction of sp³-hybridized carbons (Fsp3) is 0.700. The maximum atomic E-state index is 12.7. The van der Waals surface area contributed by atoms with E-state index in [0.717, 1.165) is 26.1 Å². The molecule has 0 atom stereocenters. The lowest BCUT2D eigenvalue weighted by atomic mass is 9.92. The third-order valence-electron chi connectivity index (χ3n) is 5.38. The van der Waals surface area contributed by atoms with Crippen LogP contribution in [-0.2, 0) is 10.0 Å². The fourth-order valence-electron chi connectivity index (χ4n) is 3.50. The van der Waals surface area contributed by atoms with Crippen LogP contribution in [0.2, 0.25) is 0 Å². The van der Waals surface area contributed by atoms with Crippen molar-refractivity contribution in [2.45, 2.75) is 45.9 Å². The molecule has 2 rings (SSSR count). The Hall–Kier alpha value is -1.71. The number of benzene rings is 1. The van der Waals surface area contributed by atoms with E-state index in [2.05, 4.69) is 25.7 Å². The monoisotopic (exact) mass is 426 g/mol. The van der Waals surface area contributed by atoms with Crippen LogP contribution in [0.5, 0.6) is 0 Å². The van der Waals surface area contributed by atoms with Gasteiger partial charge in [-0.05, 0) is 30.5 Å². The van der Waals surface area contributed by atoms with Gasteiger partial charge in [-0.15, -0.1) is 0 Å². The summed E-state index contributed by atoms with van der Waals surface area (Å²) in [6.07, 6.45) is 1.10. The van der Waals surface area contributed by atoms with Crippen LogP contribution in [0.1, 0.15) is 41.0 Å². The van der Waals surface area contributed by atoms with E-state index in [1.807, 2.05) is 4.90 Å². The average Bonchev–Trinajstić information content (AvgIpc) is 2.66. The number of nitro groups is 1. The summed E-state index contributed by atoms with van der Waals surface area (Å²) in [5, 5.41) is 11.7. The van der Waals surface area contributed by atoms with E-state index < -0.39 is 14.9 Å². The lowest BCUT2D eigenvalue weighted by molar-refractivity contribution is -0.384. The minimum absolute atomic E-state index is 0.0273. The molecule has 0 amide bonds. The molecule has 1 heterocycles. The minimum Gasteiger partial charge on any atom is -0.363 e. The van der Waals surface area contributed by atoms with Gasteiger partial charge in [0.25, 0.3) is 5.69 Å². The number of hydrogen-bond donors (Lipinski definition) is 0. The van der Waals surface area contributed by atoms with Gasteiger partial charge in [0.2, 0.25) is 10.0 Å². The number of nitrogens with zero attached hydrogens (tertiary/aromatic N) is 4. The third-order valence-corrected chi connectivity index (χ3v) is 7.42. The van der Waals surface area contributed by atoms with E-state index in [0.29, 0.717) is 31.9 Å². The molecule has 8 nitrogen and oxygen atoms in total. The normalized spacial score (nSPS) is 16.4. The van der Waals surface area contributed by atoms with E-state index in [9.17, 15) is 18.5 Å². The quantitative estimate of drug-likeness (QED) is 0.469. The maximum absolute atomic E-state index is 12.7. The second kappa shape index (κ2) is 9.40. The van der Waals surface area contributed by atoms with E-state index in [4.69, 9.17) is 0 Å². The number of nitro benzene ring substituents is 1. The number of hydrogen-bond acceptors (Lipinski definition) is 6. The first-order valence-corrected chi connectivity index (χ1v) is 11.7. The summed E-state index contributed by atoms with van der Waals surface area (Å²) in [7, 11) is -3.73. The van der Waals surface area contributed by atoms with Crippen LogP contribution in [0.15, 0.2) is 23.1 Å². The predicted molar refractivity (Wildman–Crippen MR) is 116 cm³/mol. The Kier molecular flexibility index (Phi) is 7.64. The molecule has 0 aromatic heterocycles. The van der Waals surface area contributed by atoms with Gasteiger partial charge < -0.3 is 4.90 Å². The van der Waals surface area contributed by atoms with Crippen LogP contribution in [-0.4, -0.2) is 68.4 Å².